The molecule has 0 saturated heterocycles. The SMILES string of the molecule is O=C(O)Cc1c(-c2ccccc2)oc2c1c(=O)[nH]c1ccccc12. The van der Waals surface area contributed by atoms with Crippen LogP contribution in [-0.2, 0) is 11.2 Å². The van der Waals surface area contributed by atoms with E-state index < -0.39 is 5.97 Å². The summed E-state index contributed by atoms with van der Waals surface area (Å²) in [5.74, 6) is -0.586. The third kappa shape index (κ3) is 2.18. The van der Waals surface area contributed by atoms with Gasteiger partial charge in [-0.05, 0) is 12.1 Å². The van der Waals surface area contributed by atoms with Crippen molar-refractivity contribution in [2.75, 3.05) is 0 Å². The summed E-state index contributed by atoms with van der Waals surface area (Å²) in [6.45, 7) is 0. The van der Waals surface area contributed by atoms with E-state index in [4.69, 9.17) is 4.42 Å². The van der Waals surface area contributed by atoms with Crippen molar-refractivity contribution < 1.29 is 14.3 Å². The van der Waals surface area contributed by atoms with Gasteiger partial charge in [0, 0.05) is 16.5 Å². The molecule has 0 atom stereocenters. The summed E-state index contributed by atoms with van der Waals surface area (Å²) < 4.78 is 6.00. The van der Waals surface area contributed by atoms with Gasteiger partial charge in [-0.15, -0.1) is 0 Å². The van der Waals surface area contributed by atoms with Gasteiger partial charge in [-0.3, -0.25) is 9.59 Å². The Bertz CT molecular complexity index is 1120. The maximum absolute atomic E-state index is 12.5. The molecule has 0 aliphatic heterocycles. The number of carboxylic acid groups (broad SMARTS) is 1. The first kappa shape index (κ1) is 14.3. The second-order valence-corrected chi connectivity index (χ2v) is 5.55. The summed E-state index contributed by atoms with van der Waals surface area (Å²) in [5, 5.41) is 10.3. The lowest BCUT2D eigenvalue weighted by atomic mass is 10.0. The van der Waals surface area contributed by atoms with Gasteiger partial charge in [-0.2, -0.15) is 0 Å². The van der Waals surface area contributed by atoms with Crippen molar-refractivity contribution in [1.29, 1.82) is 0 Å². The smallest absolute Gasteiger partial charge is 0.307 e. The summed E-state index contributed by atoms with van der Waals surface area (Å²) in [6.07, 6.45) is -0.279. The maximum atomic E-state index is 12.5. The number of aromatic nitrogens is 1. The van der Waals surface area contributed by atoms with E-state index in [-0.39, 0.29) is 12.0 Å². The number of carbonyl (C=O) groups is 1. The average molecular weight is 319 g/mol. The molecule has 2 heterocycles. The largest absolute Gasteiger partial charge is 0.481 e. The first-order valence-corrected chi connectivity index (χ1v) is 7.49. The Labute approximate surface area is 136 Å². The standard InChI is InChI=1S/C19H13NO4/c21-15(22)10-13-16-18(24-17(13)11-6-2-1-3-7-11)12-8-4-5-9-14(12)20-19(16)23/h1-9H,10H2,(H,20,23)(H,21,22). The van der Waals surface area contributed by atoms with Crippen LogP contribution in [0.2, 0.25) is 0 Å². The Balaban J connectivity index is 2.16. The molecule has 0 spiro atoms. The molecule has 0 amide bonds. The Hall–Kier alpha value is -3.34. The number of para-hydroxylation sites is 1. The molecule has 5 heteroatoms. The second-order valence-electron chi connectivity index (χ2n) is 5.55. The Morgan fingerprint density at radius 3 is 2.50 bits per heavy atom. The van der Waals surface area contributed by atoms with E-state index >= 15 is 0 Å². The highest BCUT2D eigenvalue weighted by atomic mass is 16.4. The predicted molar refractivity (Wildman–Crippen MR) is 91.1 cm³/mol. The summed E-state index contributed by atoms with van der Waals surface area (Å²) in [5.41, 5.74) is 1.88. The van der Waals surface area contributed by atoms with E-state index in [1.165, 1.54) is 0 Å². The van der Waals surface area contributed by atoms with Crippen molar-refractivity contribution in [3.05, 3.63) is 70.5 Å². The molecule has 0 aliphatic rings. The molecule has 4 aromatic rings. The summed E-state index contributed by atoms with van der Waals surface area (Å²) in [4.78, 5) is 26.6. The molecule has 0 fully saturated rings. The van der Waals surface area contributed by atoms with Crippen LogP contribution in [-0.4, -0.2) is 16.1 Å². The molecule has 5 nitrogen and oxygen atoms in total. The third-order valence-corrected chi connectivity index (χ3v) is 4.02. The van der Waals surface area contributed by atoms with E-state index in [0.29, 0.717) is 27.8 Å². The zero-order chi connectivity index (χ0) is 16.7. The Morgan fingerprint density at radius 1 is 1.04 bits per heavy atom. The fourth-order valence-electron chi connectivity index (χ4n) is 3.01. The lowest BCUT2D eigenvalue weighted by Crippen LogP contribution is -2.09. The number of carboxylic acids is 1. The first-order valence-electron chi connectivity index (χ1n) is 7.49. The van der Waals surface area contributed by atoms with Crippen molar-refractivity contribution in [1.82, 2.24) is 4.98 Å². The van der Waals surface area contributed by atoms with Gasteiger partial charge >= 0.3 is 5.97 Å². The number of furan rings is 1. The number of pyridine rings is 1. The summed E-state index contributed by atoms with van der Waals surface area (Å²) in [6, 6.07) is 16.5. The fourth-order valence-corrected chi connectivity index (χ4v) is 3.01. The number of aromatic amines is 1. The molecule has 0 bridgehead atoms. The zero-order valence-corrected chi connectivity index (χ0v) is 12.6. The Morgan fingerprint density at radius 2 is 1.75 bits per heavy atom. The van der Waals surface area contributed by atoms with E-state index in [1.54, 1.807) is 6.07 Å². The highest BCUT2D eigenvalue weighted by molar-refractivity contribution is 6.05. The molecule has 0 saturated carbocycles. The minimum absolute atomic E-state index is 0.279. The molecule has 24 heavy (non-hydrogen) atoms. The first-order chi connectivity index (χ1) is 11.6. The second kappa shape index (κ2) is 5.38. The van der Waals surface area contributed by atoms with E-state index in [1.807, 2.05) is 48.5 Å². The number of hydrogen-bond acceptors (Lipinski definition) is 3. The van der Waals surface area contributed by atoms with Crippen molar-refractivity contribution in [3.63, 3.8) is 0 Å². The zero-order valence-electron chi connectivity index (χ0n) is 12.6. The van der Waals surface area contributed by atoms with Crippen LogP contribution in [0.3, 0.4) is 0 Å². The predicted octanol–water partition coefficient (Wildman–Crippen LogP) is 3.57. The summed E-state index contributed by atoms with van der Waals surface area (Å²) >= 11 is 0. The normalized spacial score (nSPS) is 11.2. The van der Waals surface area contributed by atoms with Gasteiger partial charge in [0.25, 0.3) is 5.56 Å². The van der Waals surface area contributed by atoms with Crippen LogP contribution in [0.25, 0.3) is 33.2 Å². The molecule has 4 rings (SSSR count). The van der Waals surface area contributed by atoms with Crippen molar-refractivity contribution in [3.8, 4) is 11.3 Å². The van der Waals surface area contributed by atoms with Crippen LogP contribution in [0.5, 0.6) is 0 Å². The van der Waals surface area contributed by atoms with Gasteiger partial charge in [0.1, 0.15) is 11.3 Å². The van der Waals surface area contributed by atoms with Crippen LogP contribution >= 0.6 is 0 Å². The number of fused-ring (bicyclic) bond motifs is 3. The van der Waals surface area contributed by atoms with Crippen LogP contribution in [0.15, 0.2) is 63.8 Å². The maximum Gasteiger partial charge on any atom is 0.307 e. The van der Waals surface area contributed by atoms with Gasteiger partial charge in [0.05, 0.1) is 17.3 Å². The number of hydrogen-bond donors (Lipinski definition) is 2. The third-order valence-electron chi connectivity index (χ3n) is 4.02. The number of nitrogens with one attached hydrogen (secondary N) is 1. The fraction of sp³-hybridized carbons (Fsp3) is 0.0526. The van der Waals surface area contributed by atoms with Gasteiger partial charge in [-0.1, -0.05) is 42.5 Å². The lowest BCUT2D eigenvalue weighted by molar-refractivity contribution is -0.136. The van der Waals surface area contributed by atoms with E-state index in [0.717, 1.165) is 10.9 Å². The number of H-pyrrole nitrogens is 1. The molecular formula is C19H13NO4. The van der Waals surface area contributed by atoms with Gasteiger partial charge in [0.15, 0.2) is 0 Å². The quantitative estimate of drug-likeness (QED) is 0.604. The van der Waals surface area contributed by atoms with E-state index in [9.17, 15) is 14.7 Å². The number of benzene rings is 2. The lowest BCUT2D eigenvalue weighted by Gasteiger charge is -2.00. The monoisotopic (exact) mass is 319 g/mol. The summed E-state index contributed by atoms with van der Waals surface area (Å²) in [7, 11) is 0. The molecular weight excluding hydrogens is 306 g/mol. The van der Waals surface area contributed by atoms with Gasteiger partial charge in [0.2, 0.25) is 0 Å². The number of aliphatic carboxylic acids is 1. The van der Waals surface area contributed by atoms with E-state index in [2.05, 4.69) is 4.98 Å². The topological polar surface area (TPSA) is 83.3 Å². The van der Waals surface area contributed by atoms with Gasteiger partial charge < -0.3 is 14.5 Å². The highest BCUT2D eigenvalue weighted by Crippen LogP contribution is 2.35. The van der Waals surface area contributed by atoms with Crippen LogP contribution in [0, 0.1) is 0 Å². The molecule has 118 valence electrons. The molecule has 2 N–H and O–H groups in total. The minimum atomic E-state index is -1.01. The molecule has 0 radical (unpaired) electrons. The van der Waals surface area contributed by atoms with Crippen LogP contribution in [0.1, 0.15) is 5.56 Å². The van der Waals surface area contributed by atoms with Crippen molar-refractivity contribution in [2.24, 2.45) is 0 Å². The van der Waals surface area contributed by atoms with Gasteiger partial charge in [-0.25, -0.2) is 0 Å². The van der Waals surface area contributed by atoms with Crippen LogP contribution in [0.4, 0.5) is 0 Å². The Kier molecular flexibility index (Phi) is 3.20. The van der Waals surface area contributed by atoms with Crippen molar-refractivity contribution >= 4 is 27.8 Å². The molecule has 0 unspecified atom stereocenters. The molecule has 2 aromatic carbocycles. The molecule has 0 aliphatic carbocycles. The van der Waals surface area contributed by atoms with Crippen LogP contribution < -0.4 is 5.56 Å². The van der Waals surface area contributed by atoms with Crippen molar-refractivity contribution in [2.45, 2.75) is 6.42 Å². The average Bonchev–Trinajstić information content (AvgIpc) is 2.95. The highest BCUT2D eigenvalue weighted by Gasteiger charge is 2.22. The molecule has 2 aromatic heterocycles. The minimum Gasteiger partial charge on any atom is -0.481 e. The number of rotatable bonds is 3.